The summed E-state index contributed by atoms with van der Waals surface area (Å²) in [5, 5.41) is 6.38. The van der Waals surface area contributed by atoms with Gasteiger partial charge in [0, 0.05) is 12.4 Å². The van der Waals surface area contributed by atoms with Gasteiger partial charge in [0.15, 0.2) is 0 Å². The zero-order chi connectivity index (χ0) is 18.5. The topological polar surface area (TPSA) is 79.8 Å². The predicted octanol–water partition coefficient (Wildman–Crippen LogP) is 4.01. The van der Waals surface area contributed by atoms with Crippen LogP contribution in [0.4, 0.5) is 11.6 Å². The number of aromatic nitrogens is 3. The van der Waals surface area contributed by atoms with Crippen molar-refractivity contribution in [3.05, 3.63) is 76.3 Å². The van der Waals surface area contributed by atoms with E-state index in [1.165, 1.54) is 6.20 Å². The molecule has 132 valence electrons. The van der Waals surface area contributed by atoms with E-state index in [-0.39, 0.29) is 11.6 Å². The largest absolute Gasteiger partial charge is 0.349 e. The Morgan fingerprint density at radius 1 is 1.12 bits per heavy atom. The van der Waals surface area contributed by atoms with Crippen molar-refractivity contribution in [3.63, 3.8) is 0 Å². The van der Waals surface area contributed by atoms with E-state index in [1.807, 2.05) is 44.2 Å². The van der Waals surface area contributed by atoms with Crippen molar-refractivity contribution >= 4 is 29.1 Å². The predicted molar refractivity (Wildman–Crippen MR) is 102 cm³/mol. The number of hydrogen-bond donors (Lipinski definition) is 2. The Labute approximate surface area is 156 Å². The van der Waals surface area contributed by atoms with Gasteiger partial charge >= 0.3 is 0 Å². The van der Waals surface area contributed by atoms with Crippen molar-refractivity contribution in [1.29, 1.82) is 0 Å². The summed E-state index contributed by atoms with van der Waals surface area (Å²) < 4.78 is 0. The van der Waals surface area contributed by atoms with Crippen LogP contribution < -0.4 is 10.6 Å². The maximum absolute atomic E-state index is 12.5. The van der Waals surface area contributed by atoms with Crippen LogP contribution in [0.15, 0.2) is 48.8 Å². The Balaban J connectivity index is 1.72. The summed E-state index contributed by atoms with van der Waals surface area (Å²) in [5.74, 6) is 0.0113. The third kappa shape index (κ3) is 4.34. The van der Waals surface area contributed by atoms with Gasteiger partial charge in [-0.15, -0.1) is 0 Å². The molecule has 3 aromatic rings. The Bertz CT molecular complexity index is 907. The SMILES string of the molecule is Cc1cc(C)c(NC(=O)c2ccnc(NCc3ccccn3)n2)c(Cl)c1. The first kappa shape index (κ1) is 17.8. The highest BCUT2D eigenvalue weighted by Gasteiger charge is 2.13. The lowest BCUT2D eigenvalue weighted by molar-refractivity contribution is 0.102. The normalized spacial score (nSPS) is 10.4. The second kappa shape index (κ2) is 7.93. The highest BCUT2D eigenvalue weighted by atomic mass is 35.5. The van der Waals surface area contributed by atoms with Crippen LogP contribution in [0.3, 0.4) is 0 Å². The van der Waals surface area contributed by atoms with Gasteiger partial charge < -0.3 is 10.6 Å². The smallest absolute Gasteiger partial charge is 0.274 e. The van der Waals surface area contributed by atoms with Crippen molar-refractivity contribution < 1.29 is 4.79 Å². The lowest BCUT2D eigenvalue weighted by Crippen LogP contribution is -2.16. The number of benzene rings is 1. The average molecular weight is 368 g/mol. The highest BCUT2D eigenvalue weighted by Crippen LogP contribution is 2.27. The second-order valence-electron chi connectivity index (χ2n) is 5.83. The summed E-state index contributed by atoms with van der Waals surface area (Å²) >= 11 is 6.25. The van der Waals surface area contributed by atoms with Gasteiger partial charge in [0.25, 0.3) is 5.91 Å². The molecule has 2 heterocycles. The van der Waals surface area contributed by atoms with Crippen LogP contribution in [0.2, 0.25) is 5.02 Å². The lowest BCUT2D eigenvalue weighted by Gasteiger charge is -2.11. The molecule has 0 fully saturated rings. The monoisotopic (exact) mass is 367 g/mol. The minimum Gasteiger partial charge on any atom is -0.349 e. The van der Waals surface area contributed by atoms with Gasteiger partial charge in [0.1, 0.15) is 5.69 Å². The van der Waals surface area contributed by atoms with Crippen molar-refractivity contribution in [2.75, 3.05) is 10.6 Å². The Morgan fingerprint density at radius 3 is 2.69 bits per heavy atom. The average Bonchev–Trinajstić information content (AvgIpc) is 2.64. The van der Waals surface area contributed by atoms with Crippen LogP contribution in [-0.4, -0.2) is 20.9 Å². The summed E-state index contributed by atoms with van der Waals surface area (Å²) in [5.41, 5.74) is 3.62. The van der Waals surface area contributed by atoms with Crippen LogP contribution in [0, 0.1) is 13.8 Å². The van der Waals surface area contributed by atoms with Gasteiger partial charge in [-0.25, -0.2) is 9.97 Å². The molecule has 7 heteroatoms. The molecular weight excluding hydrogens is 350 g/mol. The first-order valence-corrected chi connectivity index (χ1v) is 8.45. The molecular formula is C19H18ClN5O. The van der Waals surface area contributed by atoms with Gasteiger partial charge in [0.2, 0.25) is 5.95 Å². The number of carbonyl (C=O) groups is 1. The fourth-order valence-electron chi connectivity index (χ4n) is 2.49. The second-order valence-corrected chi connectivity index (χ2v) is 6.24. The van der Waals surface area contributed by atoms with Gasteiger partial charge in [-0.1, -0.05) is 23.7 Å². The molecule has 1 aromatic carbocycles. The number of carbonyl (C=O) groups excluding carboxylic acids is 1. The number of rotatable bonds is 5. The van der Waals surface area contributed by atoms with E-state index in [1.54, 1.807) is 12.3 Å². The summed E-state index contributed by atoms with van der Waals surface area (Å²) in [6.07, 6.45) is 3.25. The van der Waals surface area contributed by atoms with Crippen LogP contribution in [0.25, 0.3) is 0 Å². The first-order chi connectivity index (χ1) is 12.5. The molecule has 0 atom stereocenters. The number of hydrogen-bond acceptors (Lipinski definition) is 5. The van der Waals surface area contributed by atoms with Crippen LogP contribution in [-0.2, 0) is 6.54 Å². The molecule has 2 N–H and O–H groups in total. The number of aryl methyl sites for hydroxylation is 2. The molecule has 0 unspecified atom stereocenters. The molecule has 2 aromatic heterocycles. The third-order valence-corrected chi connectivity index (χ3v) is 4.01. The summed E-state index contributed by atoms with van der Waals surface area (Å²) in [6.45, 7) is 4.32. The number of nitrogens with one attached hydrogen (secondary N) is 2. The van der Waals surface area contributed by atoms with E-state index >= 15 is 0 Å². The fourth-order valence-corrected chi connectivity index (χ4v) is 2.86. The maximum Gasteiger partial charge on any atom is 0.274 e. The molecule has 0 radical (unpaired) electrons. The molecule has 1 amide bonds. The van der Waals surface area contributed by atoms with Crippen LogP contribution in [0.5, 0.6) is 0 Å². The van der Waals surface area contributed by atoms with E-state index in [2.05, 4.69) is 25.6 Å². The van der Waals surface area contributed by atoms with Gasteiger partial charge in [0.05, 0.1) is 22.9 Å². The summed E-state index contributed by atoms with van der Waals surface area (Å²) in [7, 11) is 0. The molecule has 0 aliphatic rings. The van der Waals surface area contributed by atoms with Crippen molar-refractivity contribution in [2.45, 2.75) is 20.4 Å². The van der Waals surface area contributed by atoms with E-state index in [9.17, 15) is 4.79 Å². The Morgan fingerprint density at radius 2 is 1.96 bits per heavy atom. The summed E-state index contributed by atoms with van der Waals surface area (Å²) in [6, 6.07) is 11.0. The zero-order valence-corrected chi connectivity index (χ0v) is 15.2. The highest BCUT2D eigenvalue weighted by molar-refractivity contribution is 6.34. The molecule has 0 bridgehead atoms. The van der Waals surface area contributed by atoms with E-state index in [0.29, 0.717) is 23.2 Å². The fraction of sp³-hybridized carbons (Fsp3) is 0.158. The quantitative estimate of drug-likeness (QED) is 0.712. The van der Waals surface area contributed by atoms with Gasteiger partial charge in [-0.05, 0) is 49.2 Å². The van der Waals surface area contributed by atoms with Crippen molar-refractivity contribution in [3.8, 4) is 0 Å². The molecule has 3 rings (SSSR count). The van der Waals surface area contributed by atoms with Crippen molar-refractivity contribution in [2.24, 2.45) is 0 Å². The number of nitrogens with zero attached hydrogens (tertiary/aromatic N) is 3. The first-order valence-electron chi connectivity index (χ1n) is 8.08. The molecule has 0 aliphatic carbocycles. The molecule has 0 saturated heterocycles. The van der Waals surface area contributed by atoms with E-state index < -0.39 is 0 Å². The van der Waals surface area contributed by atoms with E-state index in [4.69, 9.17) is 11.6 Å². The minimum absolute atomic E-state index is 0.250. The standard InChI is InChI=1S/C19H18ClN5O/c1-12-9-13(2)17(15(20)10-12)25-18(26)16-6-8-22-19(24-16)23-11-14-5-3-4-7-21-14/h3-10H,11H2,1-2H3,(H,25,26)(H,22,23,24). The molecule has 0 aliphatic heterocycles. The lowest BCUT2D eigenvalue weighted by atomic mass is 10.1. The maximum atomic E-state index is 12.5. The zero-order valence-electron chi connectivity index (χ0n) is 14.5. The number of amides is 1. The van der Waals surface area contributed by atoms with Gasteiger partial charge in [-0.2, -0.15) is 0 Å². The van der Waals surface area contributed by atoms with E-state index in [0.717, 1.165) is 16.8 Å². The molecule has 6 nitrogen and oxygen atoms in total. The number of anilines is 2. The number of pyridine rings is 1. The van der Waals surface area contributed by atoms with Crippen molar-refractivity contribution in [1.82, 2.24) is 15.0 Å². The summed E-state index contributed by atoms with van der Waals surface area (Å²) in [4.78, 5) is 25.1. The van der Waals surface area contributed by atoms with Crippen LogP contribution in [0.1, 0.15) is 27.3 Å². The third-order valence-electron chi connectivity index (χ3n) is 3.71. The van der Waals surface area contributed by atoms with Gasteiger partial charge in [-0.3, -0.25) is 9.78 Å². The number of halogens is 1. The molecule has 0 spiro atoms. The minimum atomic E-state index is -0.345. The Kier molecular flexibility index (Phi) is 5.43. The molecule has 26 heavy (non-hydrogen) atoms. The Hall–Kier alpha value is -2.99. The molecule has 0 saturated carbocycles. The van der Waals surface area contributed by atoms with Crippen LogP contribution >= 0.6 is 11.6 Å².